The van der Waals surface area contributed by atoms with Crippen LogP contribution in [-0.4, -0.2) is 29.8 Å². The minimum Gasteiger partial charge on any atom is -0.463 e. The van der Waals surface area contributed by atoms with Crippen LogP contribution in [0, 0.1) is 6.92 Å². The second-order valence-corrected chi connectivity index (χ2v) is 5.83. The lowest BCUT2D eigenvalue weighted by atomic mass is 9.93. The molecule has 2 rings (SSSR count). The normalized spacial score (nSPS) is 13.6. The van der Waals surface area contributed by atoms with Gasteiger partial charge < -0.3 is 15.2 Å². The number of benzene rings is 2. The van der Waals surface area contributed by atoms with Crippen LogP contribution in [0.1, 0.15) is 28.4 Å². The van der Waals surface area contributed by atoms with E-state index in [0.29, 0.717) is 5.56 Å². The first-order valence-electron chi connectivity index (χ1n) is 8.04. The molecule has 0 saturated heterocycles. The highest BCUT2D eigenvalue weighted by atomic mass is 19.4. The number of nitrogens with one attached hydrogen (secondary N) is 1. The molecule has 0 spiro atoms. The van der Waals surface area contributed by atoms with Crippen LogP contribution in [-0.2, 0) is 15.1 Å². The third-order valence-corrected chi connectivity index (χ3v) is 3.86. The van der Waals surface area contributed by atoms with Crippen molar-refractivity contribution in [1.29, 1.82) is 0 Å². The van der Waals surface area contributed by atoms with Crippen molar-refractivity contribution in [3.8, 4) is 0 Å². The summed E-state index contributed by atoms with van der Waals surface area (Å²) in [4.78, 5) is 23.9. The highest BCUT2D eigenvalue weighted by molar-refractivity contribution is 6.04. The molecule has 0 aliphatic rings. The molecule has 2 N–H and O–H groups in total. The molecule has 0 heterocycles. The molecule has 2 aromatic carbocycles. The van der Waals surface area contributed by atoms with E-state index < -0.39 is 29.2 Å². The number of hydrogen-bond acceptors (Lipinski definition) is 4. The second-order valence-electron chi connectivity index (χ2n) is 5.83. The van der Waals surface area contributed by atoms with Crippen molar-refractivity contribution in [3.63, 3.8) is 0 Å². The Labute approximate surface area is 153 Å². The third kappa shape index (κ3) is 4.28. The molecule has 2 aromatic rings. The van der Waals surface area contributed by atoms with Gasteiger partial charge in [0.2, 0.25) is 0 Å². The van der Waals surface area contributed by atoms with Gasteiger partial charge in [-0.15, -0.1) is 0 Å². The Morgan fingerprint density at radius 1 is 1.04 bits per heavy atom. The lowest BCUT2D eigenvalue weighted by Crippen LogP contribution is -2.50. The van der Waals surface area contributed by atoms with Gasteiger partial charge in [0, 0.05) is 16.8 Å². The third-order valence-electron chi connectivity index (χ3n) is 3.86. The maximum atomic E-state index is 13.3. The van der Waals surface area contributed by atoms with Crippen LogP contribution in [0.3, 0.4) is 0 Å². The van der Waals surface area contributed by atoms with E-state index in [2.05, 4.69) is 10.1 Å². The van der Waals surface area contributed by atoms with Gasteiger partial charge in [0.25, 0.3) is 11.5 Å². The van der Waals surface area contributed by atoms with E-state index in [1.807, 2.05) is 6.92 Å². The standard InChI is InChI=1S/C19H18F3NO4/c1-3-27-17(25)18(26,19(20,21)22)14-8-10-15(11-9-14)23-16(24)13-6-4-12(2)5-7-13/h4-11,26H,3H2,1-2H3,(H,23,24). The summed E-state index contributed by atoms with van der Waals surface area (Å²) in [6.45, 7) is 2.88. The fraction of sp³-hybridized carbons (Fsp3) is 0.263. The number of carbonyl (C=O) groups is 2. The van der Waals surface area contributed by atoms with Gasteiger partial charge in [-0.2, -0.15) is 13.2 Å². The fourth-order valence-corrected chi connectivity index (χ4v) is 2.34. The van der Waals surface area contributed by atoms with Gasteiger partial charge >= 0.3 is 12.1 Å². The summed E-state index contributed by atoms with van der Waals surface area (Å²) in [6, 6.07) is 10.9. The predicted octanol–water partition coefficient (Wildman–Crippen LogP) is 3.56. The molecule has 0 fully saturated rings. The molecule has 144 valence electrons. The first-order chi connectivity index (χ1) is 12.6. The molecule has 27 heavy (non-hydrogen) atoms. The molecule has 1 amide bonds. The Bertz CT molecular complexity index is 816. The molecule has 0 bridgehead atoms. The number of aryl methyl sites for hydroxylation is 1. The van der Waals surface area contributed by atoms with Gasteiger partial charge in [0.1, 0.15) is 0 Å². The number of aliphatic hydroxyl groups is 1. The minimum atomic E-state index is -5.27. The Hall–Kier alpha value is -2.87. The molecular weight excluding hydrogens is 363 g/mol. The zero-order valence-electron chi connectivity index (χ0n) is 14.6. The highest BCUT2D eigenvalue weighted by Gasteiger charge is 2.62. The van der Waals surface area contributed by atoms with Gasteiger partial charge in [-0.25, -0.2) is 4.79 Å². The van der Waals surface area contributed by atoms with E-state index in [1.165, 1.54) is 6.92 Å². The molecule has 1 atom stereocenters. The van der Waals surface area contributed by atoms with Crippen LogP contribution in [0.15, 0.2) is 48.5 Å². The number of amides is 1. The lowest BCUT2D eigenvalue weighted by Gasteiger charge is -2.28. The molecule has 1 unspecified atom stereocenters. The average molecular weight is 381 g/mol. The van der Waals surface area contributed by atoms with Crippen LogP contribution < -0.4 is 5.32 Å². The van der Waals surface area contributed by atoms with Crippen LogP contribution in [0.5, 0.6) is 0 Å². The first-order valence-corrected chi connectivity index (χ1v) is 8.04. The second kappa shape index (κ2) is 7.79. The molecule has 0 aromatic heterocycles. The van der Waals surface area contributed by atoms with E-state index in [1.54, 1.807) is 24.3 Å². The number of ether oxygens (including phenoxy) is 1. The Kier molecular flexibility index (Phi) is 5.90. The molecule has 0 saturated carbocycles. The maximum absolute atomic E-state index is 13.3. The van der Waals surface area contributed by atoms with Crippen molar-refractivity contribution in [2.75, 3.05) is 11.9 Å². The summed E-state index contributed by atoms with van der Waals surface area (Å²) in [5.41, 5.74) is -2.94. The topological polar surface area (TPSA) is 75.6 Å². The molecule has 8 heteroatoms. The SMILES string of the molecule is CCOC(=O)C(O)(c1ccc(NC(=O)c2ccc(C)cc2)cc1)C(F)(F)F. The van der Waals surface area contributed by atoms with E-state index >= 15 is 0 Å². The number of carbonyl (C=O) groups excluding carboxylic acids is 2. The number of halogens is 3. The summed E-state index contributed by atoms with van der Waals surface area (Å²) in [6.07, 6.45) is -5.27. The smallest absolute Gasteiger partial charge is 0.432 e. The van der Waals surface area contributed by atoms with E-state index in [4.69, 9.17) is 0 Å². The summed E-state index contributed by atoms with van der Waals surface area (Å²) >= 11 is 0. The Morgan fingerprint density at radius 3 is 2.07 bits per heavy atom. The molecule has 0 aliphatic carbocycles. The minimum absolute atomic E-state index is 0.206. The monoisotopic (exact) mass is 381 g/mol. The average Bonchev–Trinajstić information content (AvgIpc) is 2.61. The van der Waals surface area contributed by atoms with E-state index in [-0.39, 0.29) is 12.3 Å². The maximum Gasteiger partial charge on any atom is 0.432 e. The van der Waals surface area contributed by atoms with Crippen molar-refractivity contribution in [3.05, 3.63) is 65.2 Å². The van der Waals surface area contributed by atoms with Crippen molar-refractivity contribution < 1.29 is 32.6 Å². The number of esters is 1. The van der Waals surface area contributed by atoms with Gasteiger partial charge in [0.05, 0.1) is 6.61 Å². The molecule has 0 radical (unpaired) electrons. The quantitative estimate of drug-likeness (QED) is 0.777. The number of hydrogen-bond donors (Lipinski definition) is 2. The first kappa shape index (κ1) is 20.4. The highest BCUT2D eigenvalue weighted by Crippen LogP contribution is 2.40. The van der Waals surface area contributed by atoms with E-state index in [0.717, 1.165) is 29.8 Å². The zero-order valence-corrected chi connectivity index (χ0v) is 14.6. The lowest BCUT2D eigenvalue weighted by molar-refractivity contribution is -0.267. The van der Waals surface area contributed by atoms with Crippen molar-refractivity contribution >= 4 is 17.6 Å². The summed E-state index contributed by atoms with van der Waals surface area (Å²) in [5, 5.41) is 12.5. The van der Waals surface area contributed by atoms with Gasteiger partial charge in [-0.1, -0.05) is 29.8 Å². The summed E-state index contributed by atoms with van der Waals surface area (Å²) < 4.78 is 44.3. The zero-order chi connectivity index (χ0) is 20.2. The van der Waals surface area contributed by atoms with Crippen LogP contribution in [0.2, 0.25) is 0 Å². The van der Waals surface area contributed by atoms with Gasteiger partial charge in [0.15, 0.2) is 0 Å². The molecule has 0 aliphatic heterocycles. The number of anilines is 1. The fourth-order valence-electron chi connectivity index (χ4n) is 2.34. The van der Waals surface area contributed by atoms with Crippen molar-refractivity contribution in [2.45, 2.75) is 25.6 Å². The van der Waals surface area contributed by atoms with Crippen LogP contribution >= 0.6 is 0 Å². The van der Waals surface area contributed by atoms with Crippen LogP contribution in [0.4, 0.5) is 18.9 Å². The van der Waals surface area contributed by atoms with E-state index in [9.17, 15) is 27.9 Å². The predicted molar refractivity (Wildman–Crippen MR) is 92.2 cm³/mol. The number of rotatable bonds is 5. The Morgan fingerprint density at radius 2 is 1.59 bits per heavy atom. The summed E-state index contributed by atoms with van der Waals surface area (Å²) in [5.74, 6) is -2.26. The summed E-state index contributed by atoms with van der Waals surface area (Å²) in [7, 11) is 0. The molecular formula is C19H18F3NO4. The van der Waals surface area contributed by atoms with Gasteiger partial charge in [-0.05, 0) is 38.1 Å². The van der Waals surface area contributed by atoms with Crippen molar-refractivity contribution in [2.24, 2.45) is 0 Å². The number of alkyl halides is 3. The largest absolute Gasteiger partial charge is 0.463 e. The molecule has 5 nitrogen and oxygen atoms in total. The van der Waals surface area contributed by atoms with Gasteiger partial charge in [-0.3, -0.25) is 4.79 Å². The van der Waals surface area contributed by atoms with Crippen LogP contribution in [0.25, 0.3) is 0 Å². The Balaban J connectivity index is 2.25. The van der Waals surface area contributed by atoms with Crippen molar-refractivity contribution in [1.82, 2.24) is 0 Å².